The third kappa shape index (κ3) is 9.51. The summed E-state index contributed by atoms with van der Waals surface area (Å²) >= 11 is 0. The summed E-state index contributed by atoms with van der Waals surface area (Å²) in [6.45, 7) is 6.01. The maximum Gasteiger partial charge on any atom is 0.407 e. The molecule has 1 amide bonds. The second-order valence-electron chi connectivity index (χ2n) is 5.09. The Morgan fingerprint density at radius 2 is 1.95 bits per heavy atom. The van der Waals surface area contributed by atoms with Crippen LogP contribution in [0.15, 0.2) is 0 Å². The molecule has 0 aliphatic heterocycles. The summed E-state index contributed by atoms with van der Waals surface area (Å²) in [5.74, 6) is -1.03. The molecule has 20 heavy (non-hydrogen) atoms. The monoisotopic (exact) mass is 294 g/mol. The van der Waals surface area contributed by atoms with Crippen LogP contribution in [0.2, 0.25) is 0 Å². The van der Waals surface area contributed by atoms with Gasteiger partial charge >= 0.3 is 12.1 Å². The Labute approximate surface area is 118 Å². The first-order valence-corrected chi connectivity index (χ1v) is 6.34. The zero-order valence-electron chi connectivity index (χ0n) is 12.3. The van der Waals surface area contributed by atoms with Gasteiger partial charge in [-0.3, -0.25) is 4.94 Å². The number of hydrogen-bond acceptors (Lipinski definition) is 6. The van der Waals surface area contributed by atoms with Gasteiger partial charge in [-0.05, 0) is 34.2 Å². The average Bonchev–Trinajstić information content (AvgIpc) is 2.35. The van der Waals surface area contributed by atoms with Gasteiger partial charge in [-0.25, -0.2) is 9.59 Å². The Morgan fingerprint density at radius 3 is 2.45 bits per heavy atom. The molecule has 2 N–H and O–H groups in total. The Bertz CT molecular complexity index is 307. The quantitative estimate of drug-likeness (QED) is 0.648. The molecule has 0 aliphatic rings. The molecule has 1 atom stereocenters. The molecule has 0 spiro atoms. The van der Waals surface area contributed by atoms with Crippen LogP contribution >= 0.6 is 0 Å². The van der Waals surface area contributed by atoms with Crippen LogP contribution in [0.5, 0.6) is 0 Å². The van der Waals surface area contributed by atoms with Crippen molar-refractivity contribution in [3.05, 3.63) is 0 Å². The topological polar surface area (TPSA) is 85.9 Å². The fourth-order valence-electron chi connectivity index (χ4n) is 1.20. The number of alkyl carbamates (subject to hydrolysis) is 1. The lowest BCUT2D eigenvalue weighted by Crippen LogP contribution is -2.39. The van der Waals surface area contributed by atoms with Crippen LogP contribution in [0.3, 0.4) is 0 Å². The second-order valence-corrected chi connectivity index (χ2v) is 5.09. The van der Waals surface area contributed by atoms with Crippen molar-refractivity contribution < 1.29 is 28.5 Å². The smallest absolute Gasteiger partial charge is 0.407 e. The lowest BCUT2D eigenvalue weighted by molar-refractivity contribution is -0.187. The van der Waals surface area contributed by atoms with E-state index in [9.17, 15) is 14.1 Å². The lowest BCUT2D eigenvalue weighted by Gasteiger charge is -2.19. The minimum absolute atomic E-state index is 0.00824. The highest BCUT2D eigenvalue weighted by molar-refractivity contribution is 5.75. The van der Waals surface area contributed by atoms with Crippen LogP contribution in [-0.2, 0) is 19.2 Å². The zero-order chi connectivity index (χ0) is 15.6. The van der Waals surface area contributed by atoms with E-state index in [2.05, 4.69) is 15.6 Å². The molecule has 0 aromatic carbocycles. The summed E-state index contributed by atoms with van der Waals surface area (Å²) in [7, 11) is 1.50. The molecule has 1 unspecified atom stereocenters. The van der Waals surface area contributed by atoms with E-state index in [0.717, 1.165) is 0 Å². The Balaban J connectivity index is 3.62. The van der Waals surface area contributed by atoms with Crippen LogP contribution in [0.4, 0.5) is 9.32 Å². The van der Waals surface area contributed by atoms with Gasteiger partial charge in [0.05, 0.1) is 6.61 Å². The number of ether oxygens (including phenoxy) is 2. The number of halogens is 1. The minimum Gasteiger partial charge on any atom is -0.444 e. The molecule has 0 fully saturated rings. The van der Waals surface area contributed by atoms with Crippen molar-refractivity contribution in [3.63, 3.8) is 0 Å². The Kier molecular flexibility index (Phi) is 8.82. The van der Waals surface area contributed by atoms with E-state index in [-0.39, 0.29) is 6.61 Å². The summed E-state index contributed by atoms with van der Waals surface area (Å²) in [6, 6.07) is -0.848. The van der Waals surface area contributed by atoms with Crippen molar-refractivity contribution in [2.45, 2.75) is 38.8 Å². The maximum atomic E-state index is 11.7. The van der Waals surface area contributed by atoms with Crippen LogP contribution in [0, 0.1) is 0 Å². The van der Waals surface area contributed by atoms with Gasteiger partial charge in [-0.15, -0.1) is 0 Å². The number of hydrogen-bond donors (Lipinski definition) is 2. The van der Waals surface area contributed by atoms with E-state index >= 15 is 0 Å². The lowest BCUT2D eigenvalue weighted by atomic mass is 10.2. The molecular weight excluding hydrogens is 271 g/mol. The summed E-state index contributed by atoms with van der Waals surface area (Å²) in [4.78, 5) is 25.3. The predicted molar refractivity (Wildman–Crippen MR) is 69.7 cm³/mol. The van der Waals surface area contributed by atoms with Crippen LogP contribution in [0.25, 0.3) is 0 Å². The van der Waals surface area contributed by atoms with Crippen molar-refractivity contribution in [3.8, 4) is 0 Å². The third-order valence-corrected chi connectivity index (χ3v) is 2.13. The normalized spacial score (nSPS) is 12.7. The number of carbonyl (C=O) groups is 2. The fourth-order valence-corrected chi connectivity index (χ4v) is 1.20. The molecule has 0 aliphatic carbocycles. The van der Waals surface area contributed by atoms with Crippen molar-refractivity contribution in [2.75, 3.05) is 26.8 Å². The van der Waals surface area contributed by atoms with Crippen LogP contribution < -0.4 is 10.6 Å². The molecule has 0 radical (unpaired) electrons. The SMILES string of the molecule is CNC(COCCCNC(=O)OC(C)(C)C)C(=O)OF. The van der Waals surface area contributed by atoms with E-state index < -0.39 is 23.7 Å². The summed E-state index contributed by atoms with van der Waals surface area (Å²) in [6.07, 6.45) is 0.0481. The first-order chi connectivity index (χ1) is 9.30. The van der Waals surface area contributed by atoms with E-state index in [1.54, 1.807) is 20.8 Å². The molecule has 7 nitrogen and oxygen atoms in total. The summed E-state index contributed by atoms with van der Waals surface area (Å²) < 4.78 is 21.9. The van der Waals surface area contributed by atoms with Gasteiger partial charge in [-0.1, -0.05) is 0 Å². The highest BCUT2D eigenvalue weighted by Crippen LogP contribution is 2.06. The number of carbonyl (C=O) groups excluding carboxylic acids is 2. The fraction of sp³-hybridized carbons (Fsp3) is 0.833. The van der Waals surface area contributed by atoms with E-state index in [4.69, 9.17) is 9.47 Å². The van der Waals surface area contributed by atoms with Crippen molar-refractivity contribution in [1.29, 1.82) is 0 Å². The van der Waals surface area contributed by atoms with Gasteiger partial charge in [0.25, 0.3) is 0 Å². The zero-order valence-corrected chi connectivity index (χ0v) is 12.3. The van der Waals surface area contributed by atoms with Gasteiger partial charge in [0.1, 0.15) is 11.6 Å². The molecule has 0 saturated heterocycles. The van der Waals surface area contributed by atoms with Gasteiger partial charge < -0.3 is 20.1 Å². The molecule has 0 heterocycles. The van der Waals surface area contributed by atoms with Gasteiger partial charge in [0.15, 0.2) is 0 Å². The largest absolute Gasteiger partial charge is 0.444 e. The van der Waals surface area contributed by atoms with Gasteiger partial charge in [0, 0.05) is 17.7 Å². The molecule has 0 bridgehead atoms. The first-order valence-electron chi connectivity index (χ1n) is 6.34. The van der Waals surface area contributed by atoms with Gasteiger partial charge in [-0.2, -0.15) is 0 Å². The summed E-state index contributed by atoms with van der Waals surface area (Å²) in [5, 5.41) is 5.13. The summed E-state index contributed by atoms with van der Waals surface area (Å²) in [5.41, 5.74) is -0.534. The molecule has 0 saturated carbocycles. The Morgan fingerprint density at radius 1 is 1.30 bits per heavy atom. The highest BCUT2D eigenvalue weighted by atomic mass is 19.3. The van der Waals surface area contributed by atoms with Crippen LogP contribution in [-0.4, -0.2) is 50.5 Å². The molecule has 0 aromatic heterocycles. The second kappa shape index (κ2) is 9.49. The molecule has 0 rings (SSSR count). The number of rotatable bonds is 8. The van der Waals surface area contributed by atoms with Crippen LogP contribution in [0.1, 0.15) is 27.2 Å². The van der Waals surface area contributed by atoms with E-state index in [0.29, 0.717) is 19.6 Å². The number of amides is 1. The predicted octanol–water partition coefficient (Wildman–Crippen LogP) is 0.933. The average molecular weight is 294 g/mol. The minimum atomic E-state index is -1.03. The molecule has 8 heteroatoms. The highest BCUT2D eigenvalue weighted by Gasteiger charge is 2.19. The van der Waals surface area contributed by atoms with Crippen molar-refractivity contribution >= 4 is 12.1 Å². The molecule has 0 aromatic rings. The maximum absolute atomic E-state index is 11.7. The molecular formula is C12H23FN2O5. The Hall–Kier alpha value is -1.41. The van der Waals surface area contributed by atoms with Crippen molar-refractivity contribution in [1.82, 2.24) is 10.6 Å². The molecule has 118 valence electrons. The van der Waals surface area contributed by atoms with Crippen molar-refractivity contribution in [2.24, 2.45) is 0 Å². The van der Waals surface area contributed by atoms with E-state index in [1.807, 2.05) is 0 Å². The third-order valence-electron chi connectivity index (χ3n) is 2.13. The van der Waals surface area contributed by atoms with Gasteiger partial charge in [0.2, 0.25) is 0 Å². The number of nitrogens with one attached hydrogen (secondary N) is 2. The van der Waals surface area contributed by atoms with E-state index in [1.165, 1.54) is 7.05 Å². The standard InChI is InChI=1S/C12H23FN2O5/c1-12(2,3)19-11(17)15-6-5-7-18-8-9(14-4)10(16)20-13/h9,14H,5-8H2,1-4H3,(H,15,17). The number of likely N-dealkylation sites (N-methyl/N-ethyl adjacent to an activating group) is 1. The first kappa shape index (κ1) is 18.6.